The molecule has 0 aromatic heterocycles. The highest BCUT2D eigenvalue weighted by Gasteiger charge is 1.93. The normalized spacial score (nSPS) is 10.9. The Morgan fingerprint density at radius 1 is 1.25 bits per heavy atom. The minimum atomic E-state index is 0.194. The van der Waals surface area contributed by atoms with Gasteiger partial charge in [0.05, 0.1) is 0 Å². The van der Waals surface area contributed by atoms with Crippen LogP contribution in [0.2, 0.25) is 0 Å². The molecule has 2 heteroatoms. The molecule has 0 aliphatic rings. The van der Waals surface area contributed by atoms with E-state index in [0.29, 0.717) is 0 Å². The van der Waals surface area contributed by atoms with E-state index in [1.165, 1.54) is 28.5 Å². The van der Waals surface area contributed by atoms with Crippen LogP contribution < -0.4 is 0 Å². The summed E-state index contributed by atoms with van der Waals surface area (Å²) in [6, 6.07) is 6.51. The van der Waals surface area contributed by atoms with Gasteiger partial charge in [-0.1, -0.05) is 53.2 Å². The molecule has 0 radical (unpaired) electrons. The Morgan fingerprint density at radius 3 is 2.44 bits per heavy atom. The Labute approximate surface area is 102 Å². The molecule has 0 amide bonds. The van der Waals surface area contributed by atoms with Crippen molar-refractivity contribution < 1.29 is 4.79 Å². The van der Waals surface area contributed by atoms with Crippen molar-refractivity contribution >= 4 is 23.0 Å². The van der Waals surface area contributed by atoms with Crippen molar-refractivity contribution in [2.24, 2.45) is 0 Å². The number of rotatable bonds is 4. The van der Waals surface area contributed by atoms with E-state index >= 15 is 0 Å². The van der Waals surface area contributed by atoms with Gasteiger partial charge in [0.25, 0.3) is 0 Å². The van der Waals surface area contributed by atoms with Gasteiger partial charge in [-0.2, -0.15) is 0 Å². The van der Waals surface area contributed by atoms with Crippen LogP contribution in [0.3, 0.4) is 0 Å². The van der Waals surface area contributed by atoms with E-state index in [9.17, 15) is 4.79 Å². The van der Waals surface area contributed by atoms with Gasteiger partial charge in [0.15, 0.2) is 5.12 Å². The average Bonchev–Trinajstić information content (AvgIpc) is 2.15. The minimum absolute atomic E-state index is 0.194. The molecular formula is C14H18OS. The summed E-state index contributed by atoms with van der Waals surface area (Å²) in [6.07, 6.45) is 5.20. The third-order valence-corrected chi connectivity index (χ3v) is 2.99. The van der Waals surface area contributed by atoms with Gasteiger partial charge in [0.2, 0.25) is 0 Å². The van der Waals surface area contributed by atoms with Crippen LogP contribution in [0.1, 0.15) is 30.0 Å². The molecular weight excluding hydrogens is 216 g/mol. The zero-order valence-electron chi connectivity index (χ0n) is 10.1. The molecule has 16 heavy (non-hydrogen) atoms. The van der Waals surface area contributed by atoms with Crippen molar-refractivity contribution in [1.82, 2.24) is 0 Å². The maximum Gasteiger partial charge on any atom is 0.185 e. The molecule has 0 atom stereocenters. The summed E-state index contributed by atoms with van der Waals surface area (Å²) in [6.45, 7) is 5.82. The van der Waals surface area contributed by atoms with E-state index in [0.717, 1.165) is 12.2 Å². The second-order valence-corrected chi connectivity index (χ2v) is 5.22. The van der Waals surface area contributed by atoms with E-state index in [1.54, 1.807) is 6.92 Å². The van der Waals surface area contributed by atoms with E-state index < -0.39 is 0 Å². The molecule has 0 N–H and O–H groups in total. The fourth-order valence-electron chi connectivity index (χ4n) is 1.60. The lowest BCUT2D eigenvalue weighted by Crippen LogP contribution is -1.84. The summed E-state index contributed by atoms with van der Waals surface area (Å²) in [4.78, 5) is 10.7. The lowest BCUT2D eigenvalue weighted by Gasteiger charge is -1.99. The molecule has 0 bridgehead atoms. The Bertz CT molecular complexity index is 373. The maximum absolute atomic E-state index is 10.7. The number of hydrogen-bond donors (Lipinski definition) is 0. The van der Waals surface area contributed by atoms with Crippen LogP contribution >= 0.6 is 11.8 Å². The number of carbonyl (C=O) groups excluding carboxylic acids is 1. The van der Waals surface area contributed by atoms with Crippen molar-refractivity contribution in [3.05, 3.63) is 41.0 Å². The summed E-state index contributed by atoms with van der Waals surface area (Å²) in [5.74, 6) is 0.872. The first-order valence-corrected chi connectivity index (χ1v) is 6.44. The number of allylic oxidation sites excluding steroid dienone is 1. The van der Waals surface area contributed by atoms with E-state index in [-0.39, 0.29) is 5.12 Å². The highest BCUT2D eigenvalue weighted by molar-refractivity contribution is 8.13. The smallest absolute Gasteiger partial charge is 0.185 e. The van der Waals surface area contributed by atoms with Gasteiger partial charge >= 0.3 is 0 Å². The molecule has 1 aromatic rings. The predicted molar refractivity (Wildman–Crippen MR) is 72.7 cm³/mol. The van der Waals surface area contributed by atoms with E-state index in [4.69, 9.17) is 0 Å². The predicted octanol–water partition coefficient (Wildman–Crippen LogP) is 3.99. The van der Waals surface area contributed by atoms with Gasteiger partial charge in [0, 0.05) is 12.7 Å². The van der Waals surface area contributed by atoms with Gasteiger partial charge in [-0.05, 0) is 25.8 Å². The molecule has 0 aliphatic heterocycles. The van der Waals surface area contributed by atoms with Crippen molar-refractivity contribution in [2.75, 3.05) is 5.75 Å². The lowest BCUT2D eigenvalue weighted by molar-refractivity contribution is -0.109. The monoisotopic (exact) mass is 234 g/mol. The molecule has 0 fully saturated rings. The highest BCUT2D eigenvalue weighted by Crippen LogP contribution is 2.11. The number of aryl methyl sites for hydroxylation is 2. The second kappa shape index (κ2) is 6.54. The van der Waals surface area contributed by atoms with Crippen LogP contribution in [0.4, 0.5) is 0 Å². The SMILES string of the molecule is CC(=O)SCCC=Cc1cc(C)cc(C)c1. The molecule has 1 nitrogen and oxygen atoms in total. The summed E-state index contributed by atoms with van der Waals surface area (Å²) in [7, 11) is 0. The Kier molecular flexibility index (Phi) is 5.33. The summed E-state index contributed by atoms with van der Waals surface area (Å²) in [5.41, 5.74) is 3.82. The second-order valence-electron chi connectivity index (χ2n) is 3.95. The quantitative estimate of drug-likeness (QED) is 0.733. The largest absolute Gasteiger partial charge is 0.288 e. The van der Waals surface area contributed by atoms with Crippen LogP contribution in [0, 0.1) is 13.8 Å². The molecule has 0 saturated carbocycles. The third-order valence-electron chi connectivity index (χ3n) is 2.14. The van der Waals surface area contributed by atoms with Crippen LogP contribution in [0.5, 0.6) is 0 Å². The van der Waals surface area contributed by atoms with Crippen molar-refractivity contribution in [3.63, 3.8) is 0 Å². The fraction of sp³-hybridized carbons (Fsp3) is 0.357. The van der Waals surface area contributed by atoms with Gasteiger partial charge in [-0.15, -0.1) is 0 Å². The first-order valence-electron chi connectivity index (χ1n) is 5.46. The summed E-state index contributed by atoms with van der Waals surface area (Å²) in [5, 5.41) is 0.194. The standard InChI is InChI=1S/C14H18OS/c1-11-8-12(2)10-14(9-11)6-4-5-7-16-13(3)15/h4,6,8-10H,5,7H2,1-3H3. The molecule has 0 unspecified atom stereocenters. The van der Waals surface area contributed by atoms with Gasteiger partial charge in [-0.25, -0.2) is 0 Å². The molecule has 86 valence electrons. The van der Waals surface area contributed by atoms with Gasteiger partial charge < -0.3 is 0 Å². The number of hydrogen-bond acceptors (Lipinski definition) is 2. The molecule has 1 aromatic carbocycles. The van der Waals surface area contributed by atoms with Crippen molar-refractivity contribution in [3.8, 4) is 0 Å². The van der Waals surface area contributed by atoms with Gasteiger partial charge in [0.1, 0.15) is 0 Å². The fourth-order valence-corrected chi connectivity index (χ4v) is 2.14. The first kappa shape index (κ1) is 13.0. The minimum Gasteiger partial charge on any atom is -0.288 e. The van der Waals surface area contributed by atoms with Gasteiger partial charge in [-0.3, -0.25) is 4.79 Å². The van der Waals surface area contributed by atoms with Crippen molar-refractivity contribution in [2.45, 2.75) is 27.2 Å². The zero-order chi connectivity index (χ0) is 12.0. The summed E-state index contributed by atoms with van der Waals surface area (Å²) >= 11 is 1.38. The molecule has 0 heterocycles. The molecule has 0 saturated heterocycles. The van der Waals surface area contributed by atoms with Crippen LogP contribution in [-0.4, -0.2) is 10.9 Å². The Balaban J connectivity index is 2.46. The topological polar surface area (TPSA) is 17.1 Å². The summed E-state index contributed by atoms with van der Waals surface area (Å²) < 4.78 is 0. The van der Waals surface area contributed by atoms with Crippen molar-refractivity contribution in [1.29, 1.82) is 0 Å². The number of carbonyl (C=O) groups is 1. The third kappa shape index (κ3) is 5.17. The number of thioether (sulfide) groups is 1. The van der Waals surface area contributed by atoms with E-state index in [1.807, 2.05) is 0 Å². The Hall–Kier alpha value is -1.02. The Morgan fingerprint density at radius 2 is 1.88 bits per heavy atom. The molecule has 0 spiro atoms. The average molecular weight is 234 g/mol. The zero-order valence-corrected chi connectivity index (χ0v) is 10.9. The molecule has 1 rings (SSSR count). The van der Waals surface area contributed by atoms with E-state index in [2.05, 4.69) is 44.2 Å². The van der Waals surface area contributed by atoms with Crippen LogP contribution in [0.25, 0.3) is 6.08 Å². The first-order chi connectivity index (χ1) is 7.58. The molecule has 0 aliphatic carbocycles. The highest BCUT2D eigenvalue weighted by atomic mass is 32.2. The lowest BCUT2D eigenvalue weighted by atomic mass is 10.1. The van der Waals surface area contributed by atoms with Crippen LogP contribution in [0.15, 0.2) is 24.3 Å². The number of benzene rings is 1. The van der Waals surface area contributed by atoms with Crippen LogP contribution in [-0.2, 0) is 4.79 Å². The maximum atomic E-state index is 10.7.